The minimum Gasteiger partial charge on any atom is -0.465 e. The van der Waals surface area contributed by atoms with Crippen LogP contribution in [0.15, 0.2) is 113 Å². The van der Waals surface area contributed by atoms with Gasteiger partial charge in [0.05, 0.1) is 9.79 Å². The lowest BCUT2D eigenvalue weighted by Crippen LogP contribution is -2.30. The number of hydrogen-bond donors (Lipinski definition) is 1. The lowest BCUT2D eigenvalue weighted by Gasteiger charge is -2.19. The Morgan fingerprint density at radius 2 is 1.28 bits per heavy atom. The average Bonchev–Trinajstić information content (AvgIpc) is 2.89. The Balaban J connectivity index is 1.40. The number of rotatable bonds is 9. The summed E-state index contributed by atoms with van der Waals surface area (Å²) in [6, 6.07) is 27.3. The summed E-state index contributed by atoms with van der Waals surface area (Å²) < 4.78 is 44.7. The minimum atomic E-state index is -3.75. The van der Waals surface area contributed by atoms with Crippen molar-refractivity contribution in [3.63, 3.8) is 0 Å². The summed E-state index contributed by atoms with van der Waals surface area (Å²) >= 11 is 0. The average molecular weight is 506 g/mol. The molecule has 0 fully saturated rings. The first-order valence-corrected chi connectivity index (χ1v) is 12.7. The van der Waals surface area contributed by atoms with Crippen molar-refractivity contribution in [1.82, 2.24) is 4.90 Å². The van der Waals surface area contributed by atoms with Gasteiger partial charge in [0.25, 0.3) is 0 Å². The Labute approximate surface area is 209 Å². The standard InChI is InChI=1S/C28H24FNO5S/c29-23-8-10-24(11-9-23)35-25-12-16-27(17-13-25)36(33,34)26-14-6-21(7-15-26)18-19-30(28(31)32)20-22-4-2-1-3-5-22/h1-17H,18-20H2,(H,31,32). The molecule has 4 rings (SSSR count). The van der Waals surface area contributed by atoms with Gasteiger partial charge in [0, 0.05) is 13.1 Å². The number of nitrogens with zero attached hydrogens (tertiary/aromatic N) is 1. The molecular formula is C28H24FNO5S. The molecule has 0 aromatic heterocycles. The third-order valence-electron chi connectivity index (χ3n) is 5.57. The van der Waals surface area contributed by atoms with Gasteiger partial charge >= 0.3 is 6.09 Å². The van der Waals surface area contributed by atoms with Crippen LogP contribution in [0.3, 0.4) is 0 Å². The molecule has 184 valence electrons. The van der Waals surface area contributed by atoms with E-state index in [2.05, 4.69) is 0 Å². The molecule has 0 aliphatic rings. The fourth-order valence-corrected chi connectivity index (χ4v) is 4.87. The highest BCUT2D eigenvalue weighted by Crippen LogP contribution is 2.26. The maximum Gasteiger partial charge on any atom is 0.407 e. The fraction of sp³-hybridized carbons (Fsp3) is 0.107. The van der Waals surface area contributed by atoms with Crippen LogP contribution in [-0.4, -0.2) is 31.1 Å². The van der Waals surface area contributed by atoms with E-state index in [1.807, 2.05) is 30.3 Å². The minimum absolute atomic E-state index is 0.113. The maximum absolute atomic E-state index is 13.0. The molecule has 1 amide bonds. The van der Waals surface area contributed by atoms with E-state index in [9.17, 15) is 22.7 Å². The van der Waals surface area contributed by atoms with E-state index in [1.165, 1.54) is 65.6 Å². The highest BCUT2D eigenvalue weighted by atomic mass is 32.2. The molecule has 8 heteroatoms. The molecule has 4 aromatic rings. The van der Waals surface area contributed by atoms with Crippen molar-refractivity contribution < 1.29 is 27.4 Å². The van der Waals surface area contributed by atoms with Crippen LogP contribution in [0.5, 0.6) is 11.5 Å². The third kappa shape index (κ3) is 6.28. The summed E-state index contributed by atoms with van der Waals surface area (Å²) in [5, 5.41) is 9.53. The summed E-state index contributed by atoms with van der Waals surface area (Å²) in [4.78, 5) is 13.2. The van der Waals surface area contributed by atoms with Crippen LogP contribution in [-0.2, 0) is 22.8 Å². The van der Waals surface area contributed by atoms with Gasteiger partial charge < -0.3 is 14.7 Å². The van der Waals surface area contributed by atoms with Crippen LogP contribution >= 0.6 is 0 Å². The Morgan fingerprint density at radius 3 is 1.83 bits per heavy atom. The SMILES string of the molecule is O=C(O)N(CCc1ccc(S(=O)(=O)c2ccc(Oc3ccc(F)cc3)cc2)cc1)Cc1ccccc1. The van der Waals surface area contributed by atoms with Gasteiger partial charge in [-0.25, -0.2) is 17.6 Å². The topological polar surface area (TPSA) is 83.9 Å². The first kappa shape index (κ1) is 24.9. The number of ether oxygens (including phenoxy) is 1. The van der Waals surface area contributed by atoms with Gasteiger partial charge in [-0.3, -0.25) is 0 Å². The number of sulfone groups is 1. The molecule has 0 atom stereocenters. The predicted octanol–water partition coefficient (Wildman–Crippen LogP) is 6.17. The van der Waals surface area contributed by atoms with Crippen molar-refractivity contribution in [2.75, 3.05) is 6.54 Å². The molecular weight excluding hydrogens is 481 g/mol. The second-order valence-electron chi connectivity index (χ2n) is 8.11. The van der Waals surface area contributed by atoms with Gasteiger partial charge in [-0.05, 0) is 78.2 Å². The molecule has 36 heavy (non-hydrogen) atoms. The number of carboxylic acid groups (broad SMARTS) is 1. The summed E-state index contributed by atoms with van der Waals surface area (Å²) in [5.41, 5.74) is 1.73. The lowest BCUT2D eigenvalue weighted by molar-refractivity contribution is 0.143. The van der Waals surface area contributed by atoms with Crippen molar-refractivity contribution >= 4 is 15.9 Å². The molecule has 0 aliphatic heterocycles. The van der Waals surface area contributed by atoms with E-state index in [4.69, 9.17) is 4.74 Å². The van der Waals surface area contributed by atoms with Crippen LogP contribution in [0.4, 0.5) is 9.18 Å². The molecule has 1 N–H and O–H groups in total. The van der Waals surface area contributed by atoms with Gasteiger partial charge in [-0.2, -0.15) is 0 Å². The van der Waals surface area contributed by atoms with Gasteiger partial charge in [0.15, 0.2) is 0 Å². The number of hydrogen-bond acceptors (Lipinski definition) is 4. The van der Waals surface area contributed by atoms with Crippen molar-refractivity contribution in [1.29, 1.82) is 0 Å². The van der Waals surface area contributed by atoms with Crippen molar-refractivity contribution in [3.05, 3.63) is 120 Å². The fourth-order valence-electron chi connectivity index (χ4n) is 3.61. The molecule has 0 saturated heterocycles. The first-order chi connectivity index (χ1) is 17.3. The second-order valence-corrected chi connectivity index (χ2v) is 10.1. The summed E-state index contributed by atoms with van der Waals surface area (Å²) in [5.74, 6) is 0.489. The van der Waals surface area contributed by atoms with E-state index < -0.39 is 15.9 Å². The molecule has 0 saturated carbocycles. The van der Waals surface area contributed by atoms with Gasteiger partial charge in [0.2, 0.25) is 9.84 Å². The molecule has 0 aliphatic carbocycles. The van der Waals surface area contributed by atoms with E-state index in [0.717, 1.165) is 11.1 Å². The predicted molar refractivity (Wildman–Crippen MR) is 133 cm³/mol. The maximum atomic E-state index is 13.0. The second kappa shape index (κ2) is 11.0. The monoisotopic (exact) mass is 505 g/mol. The zero-order valence-corrected chi connectivity index (χ0v) is 20.1. The van der Waals surface area contributed by atoms with E-state index in [1.54, 1.807) is 12.1 Å². The normalized spacial score (nSPS) is 11.1. The molecule has 0 spiro atoms. The van der Waals surface area contributed by atoms with E-state index >= 15 is 0 Å². The zero-order chi connectivity index (χ0) is 25.5. The zero-order valence-electron chi connectivity index (χ0n) is 19.2. The number of amides is 1. The van der Waals surface area contributed by atoms with Crippen molar-refractivity contribution in [3.8, 4) is 11.5 Å². The Hall–Kier alpha value is -4.17. The van der Waals surface area contributed by atoms with Crippen molar-refractivity contribution in [2.24, 2.45) is 0 Å². The van der Waals surface area contributed by atoms with Crippen LogP contribution in [0, 0.1) is 5.82 Å². The highest BCUT2D eigenvalue weighted by molar-refractivity contribution is 7.91. The lowest BCUT2D eigenvalue weighted by atomic mass is 10.1. The van der Waals surface area contributed by atoms with Gasteiger partial charge in [-0.15, -0.1) is 0 Å². The van der Waals surface area contributed by atoms with Crippen LogP contribution in [0.1, 0.15) is 11.1 Å². The van der Waals surface area contributed by atoms with Crippen molar-refractivity contribution in [2.45, 2.75) is 22.8 Å². The smallest absolute Gasteiger partial charge is 0.407 e. The third-order valence-corrected chi connectivity index (χ3v) is 7.36. The summed E-state index contributed by atoms with van der Waals surface area (Å²) in [7, 11) is -3.75. The number of benzene rings is 4. The largest absolute Gasteiger partial charge is 0.465 e. The molecule has 0 unspecified atom stereocenters. The van der Waals surface area contributed by atoms with E-state index in [-0.39, 0.29) is 28.7 Å². The van der Waals surface area contributed by atoms with Crippen LogP contribution in [0.25, 0.3) is 0 Å². The summed E-state index contributed by atoms with van der Waals surface area (Å²) in [6.07, 6.45) is -0.556. The molecule has 0 radical (unpaired) electrons. The van der Waals surface area contributed by atoms with E-state index in [0.29, 0.717) is 17.9 Å². The quantitative estimate of drug-likeness (QED) is 0.294. The van der Waals surface area contributed by atoms with Gasteiger partial charge in [0.1, 0.15) is 17.3 Å². The molecule has 4 aromatic carbocycles. The Kier molecular flexibility index (Phi) is 7.65. The number of carbonyl (C=O) groups is 1. The Morgan fingerprint density at radius 1 is 0.750 bits per heavy atom. The summed E-state index contributed by atoms with van der Waals surface area (Å²) in [6.45, 7) is 0.565. The molecule has 6 nitrogen and oxygen atoms in total. The molecule has 0 bridgehead atoms. The molecule has 0 heterocycles. The Bertz CT molecular complexity index is 1410. The van der Waals surface area contributed by atoms with Gasteiger partial charge in [-0.1, -0.05) is 42.5 Å². The highest BCUT2D eigenvalue weighted by Gasteiger charge is 2.18. The first-order valence-electron chi connectivity index (χ1n) is 11.2. The van der Waals surface area contributed by atoms with Crippen LogP contribution in [0.2, 0.25) is 0 Å². The number of halogens is 1. The van der Waals surface area contributed by atoms with Crippen LogP contribution < -0.4 is 4.74 Å².